The molecule has 0 fully saturated rings. The number of pyridine rings is 1. The molecule has 156 valence electrons. The number of nitrogens with one attached hydrogen (secondary N) is 1. The molecule has 1 amide bonds. The number of fused-ring (bicyclic) bond motifs is 1. The Balaban J connectivity index is 1.74. The van der Waals surface area contributed by atoms with Gasteiger partial charge in [0.2, 0.25) is 0 Å². The number of carbonyl (C=O) groups is 1. The van der Waals surface area contributed by atoms with Crippen LogP contribution in [0.4, 0.5) is 16.2 Å². The van der Waals surface area contributed by atoms with Gasteiger partial charge in [-0.15, -0.1) is 0 Å². The predicted octanol–water partition coefficient (Wildman–Crippen LogP) is 4.10. The van der Waals surface area contributed by atoms with E-state index in [1.54, 1.807) is 23.9 Å². The second-order valence-corrected chi connectivity index (χ2v) is 8.75. The van der Waals surface area contributed by atoms with E-state index in [2.05, 4.69) is 23.5 Å². The van der Waals surface area contributed by atoms with Gasteiger partial charge < -0.3 is 19.5 Å². The third kappa shape index (κ3) is 5.19. The van der Waals surface area contributed by atoms with Crippen LogP contribution in [0.15, 0.2) is 41.3 Å². The molecule has 2 aromatic rings. The van der Waals surface area contributed by atoms with Crippen molar-refractivity contribution in [2.45, 2.75) is 51.6 Å². The monoisotopic (exact) mass is 397 g/mol. The van der Waals surface area contributed by atoms with Crippen molar-refractivity contribution in [3.63, 3.8) is 0 Å². The van der Waals surface area contributed by atoms with E-state index in [0.717, 1.165) is 30.6 Å². The first kappa shape index (κ1) is 21.0. The first-order chi connectivity index (χ1) is 13.6. The van der Waals surface area contributed by atoms with Gasteiger partial charge in [-0.25, -0.2) is 4.79 Å². The Kier molecular flexibility index (Phi) is 6.01. The van der Waals surface area contributed by atoms with Gasteiger partial charge >= 0.3 is 6.09 Å². The van der Waals surface area contributed by atoms with E-state index in [9.17, 15) is 9.59 Å². The number of hydrogen-bond acceptors (Lipinski definition) is 4. The lowest BCUT2D eigenvalue weighted by Gasteiger charge is -2.28. The van der Waals surface area contributed by atoms with Crippen LogP contribution < -0.4 is 15.8 Å². The topological polar surface area (TPSA) is 63.6 Å². The van der Waals surface area contributed by atoms with Crippen LogP contribution in [0.3, 0.4) is 0 Å². The summed E-state index contributed by atoms with van der Waals surface area (Å²) >= 11 is 0. The van der Waals surface area contributed by atoms with Gasteiger partial charge in [-0.05, 0) is 69.4 Å². The summed E-state index contributed by atoms with van der Waals surface area (Å²) in [5.74, 6) is 0.287. The van der Waals surface area contributed by atoms with Crippen molar-refractivity contribution in [2.75, 3.05) is 18.5 Å². The lowest BCUT2D eigenvalue weighted by molar-refractivity contribution is 0.0523. The van der Waals surface area contributed by atoms with Crippen LogP contribution in [0, 0.1) is 0 Å². The van der Waals surface area contributed by atoms with Crippen molar-refractivity contribution in [1.82, 2.24) is 9.88 Å². The zero-order valence-electron chi connectivity index (χ0n) is 18.0. The van der Waals surface area contributed by atoms with Crippen LogP contribution in [0.1, 0.15) is 50.7 Å². The second-order valence-electron chi connectivity index (χ2n) is 8.75. The molecule has 6 heteroatoms. The van der Waals surface area contributed by atoms with Crippen molar-refractivity contribution in [3.8, 4) is 0 Å². The zero-order valence-corrected chi connectivity index (χ0v) is 18.0. The highest BCUT2D eigenvalue weighted by Gasteiger charge is 2.23. The van der Waals surface area contributed by atoms with Crippen molar-refractivity contribution in [3.05, 3.63) is 58.0 Å². The van der Waals surface area contributed by atoms with Crippen LogP contribution in [0.25, 0.3) is 0 Å². The number of nitrogens with zero attached hydrogens (tertiary/aromatic N) is 2. The van der Waals surface area contributed by atoms with Crippen LogP contribution in [-0.2, 0) is 18.2 Å². The Bertz CT molecular complexity index is 943. The van der Waals surface area contributed by atoms with E-state index >= 15 is 0 Å². The summed E-state index contributed by atoms with van der Waals surface area (Å²) in [6, 6.07) is 10.0. The van der Waals surface area contributed by atoms with Crippen LogP contribution in [0.5, 0.6) is 0 Å². The molecule has 0 bridgehead atoms. The molecule has 1 aromatic heterocycles. The van der Waals surface area contributed by atoms with E-state index < -0.39 is 5.60 Å². The summed E-state index contributed by atoms with van der Waals surface area (Å²) in [4.78, 5) is 26.0. The molecular formula is C23H31N3O3. The Morgan fingerprint density at radius 2 is 1.97 bits per heavy atom. The summed E-state index contributed by atoms with van der Waals surface area (Å²) in [6.07, 6.45) is 4.58. The molecule has 6 nitrogen and oxygen atoms in total. The summed E-state index contributed by atoms with van der Waals surface area (Å²) in [7, 11) is 3.72. The van der Waals surface area contributed by atoms with E-state index in [4.69, 9.17) is 4.74 Å². The van der Waals surface area contributed by atoms with E-state index in [0.29, 0.717) is 6.54 Å². The van der Waals surface area contributed by atoms with E-state index in [-0.39, 0.29) is 17.6 Å². The first-order valence-corrected chi connectivity index (χ1v) is 10.1. The minimum Gasteiger partial charge on any atom is -0.444 e. The Labute approximate surface area is 172 Å². The number of amides is 1. The van der Waals surface area contributed by atoms with Crippen LogP contribution in [0.2, 0.25) is 0 Å². The number of rotatable bonds is 4. The minimum absolute atomic E-state index is 0.0272. The number of alkyl carbamates (subject to hydrolysis) is 1. The molecule has 1 N–H and O–H groups in total. The van der Waals surface area contributed by atoms with Gasteiger partial charge in [-0.2, -0.15) is 0 Å². The number of ether oxygens (including phenoxy) is 1. The molecule has 1 atom stereocenters. The van der Waals surface area contributed by atoms with Crippen molar-refractivity contribution < 1.29 is 9.53 Å². The molecule has 0 saturated heterocycles. The number of aromatic nitrogens is 1. The fraction of sp³-hybridized carbons (Fsp3) is 0.478. The molecule has 0 unspecified atom stereocenters. The van der Waals surface area contributed by atoms with Gasteiger partial charge in [0, 0.05) is 50.2 Å². The van der Waals surface area contributed by atoms with Gasteiger partial charge in [0.25, 0.3) is 5.56 Å². The summed E-state index contributed by atoms with van der Waals surface area (Å²) < 4.78 is 6.91. The minimum atomic E-state index is -0.494. The molecule has 1 heterocycles. The molecule has 1 aromatic carbocycles. The van der Waals surface area contributed by atoms with E-state index in [1.807, 2.05) is 38.8 Å². The third-order valence-electron chi connectivity index (χ3n) is 5.32. The summed E-state index contributed by atoms with van der Waals surface area (Å²) in [6.45, 7) is 6.17. The second kappa shape index (κ2) is 8.31. The number of aryl methyl sites for hydroxylation is 2. The Morgan fingerprint density at radius 1 is 1.24 bits per heavy atom. The third-order valence-corrected chi connectivity index (χ3v) is 5.32. The molecule has 0 radical (unpaired) electrons. The zero-order chi connectivity index (χ0) is 21.2. The molecule has 1 aliphatic carbocycles. The van der Waals surface area contributed by atoms with E-state index in [1.165, 1.54) is 11.1 Å². The number of hydrogen-bond donors (Lipinski definition) is 1. The number of anilines is 2. The molecule has 0 spiro atoms. The largest absolute Gasteiger partial charge is 0.444 e. The Hall–Kier alpha value is -2.76. The fourth-order valence-electron chi connectivity index (χ4n) is 3.74. The average molecular weight is 398 g/mol. The highest BCUT2D eigenvalue weighted by Crippen LogP contribution is 2.34. The number of carbonyl (C=O) groups excluding carboxylic acids is 1. The standard InChI is InChI=1S/C23H31N3O3/c1-23(2,3)29-22(28)24-15-17-8-6-7-16-13-18(9-10-20(16)17)26(5)19-11-12-25(4)21(27)14-19/h9-14,17H,6-8,15H2,1-5H3,(H,24,28)/t17-/m0/s1. The summed E-state index contributed by atoms with van der Waals surface area (Å²) in [5, 5.41) is 2.92. The quantitative estimate of drug-likeness (QED) is 0.844. The van der Waals surface area contributed by atoms with Crippen LogP contribution >= 0.6 is 0 Å². The highest BCUT2D eigenvalue weighted by molar-refractivity contribution is 5.68. The summed E-state index contributed by atoms with van der Waals surface area (Å²) in [5.41, 5.74) is 3.99. The smallest absolute Gasteiger partial charge is 0.407 e. The van der Waals surface area contributed by atoms with Crippen LogP contribution in [-0.4, -0.2) is 29.9 Å². The Morgan fingerprint density at radius 3 is 2.66 bits per heavy atom. The lowest BCUT2D eigenvalue weighted by Crippen LogP contribution is -2.35. The molecule has 0 aliphatic heterocycles. The van der Waals surface area contributed by atoms with Gasteiger partial charge in [-0.3, -0.25) is 4.79 Å². The van der Waals surface area contributed by atoms with Gasteiger partial charge in [0.15, 0.2) is 0 Å². The fourth-order valence-corrected chi connectivity index (χ4v) is 3.74. The number of benzene rings is 1. The molecule has 1 aliphatic rings. The molecular weight excluding hydrogens is 366 g/mol. The van der Waals surface area contributed by atoms with Crippen molar-refractivity contribution in [2.24, 2.45) is 7.05 Å². The molecule has 29 heavy (non-hydrogen) atoms. The average Bonchev–Trinajstić information content (AvgIpc) is 2.66. The molecule has 3 rings (SSSR count). The maximum absolute atomic E-state index is 12.0. The van der Waals surface area contributed by atoms with Gasteiger partial charge in [0.05, 0.1) is 0 Å². The lowest BCUT2D eigenvalue weighted by atomic mass is 9.82. The van der Waals surface area contributed by atoms with Gasteiger partial charge in [-0.1, -0.05) is 6.07 Å². The maximum Gasteiger partial charge on any atom is 0.407 e. The predicted molar refractivity (Wildman–Crippen MR) is 116 cm³/mol. The first-order valence-electron chi connectivity index (χ1n) is 10.1. The molecule has 0 saturated carbocycles. The van der Waals surface area contributed by atoms with Crippen molar-refractivity contribution in [1.29, 1.82) is 0 Å². The van der Waals surface area contributed by atoms with Crippen molar-refractivity contribution >= 4 is 17.5 Å². The normalized spacial score (nSPS) is 16.1. The maximum atomic E-state index is 12.0. The van der Waals surface area contributed by atoms with Gasteiger partial charge in [0.1, 0.15) is 5.60 Å². The highest BCUT2D eigenvalue weighted by atomic mass is 16.6. The SMILES string of the molecule is CN(c1ccc2c(c1)CCC[C@H]2CNC(=O)OC(C)(C)C)c1ccn(C)c(=O)c1.